The van der Waals surface area contributed by atoms with Crippen molar-refractivity contribution < 1.29 is 0 Å². The van der Waals surface area contributed by atoms with E-state index >= 15 is 0 Å². The first-order valence-electron chi connectivity index (χ1n) is 7.00. The van der Waals surface area contributed by atoms with Crippen molar-refractivity contribution in [2.45, 2.75) is 38.5 Å². The fourth-order valence-corrected chi connectivity index (χ4v) is 2.14. The topological polar surface area (TPSA) is 41.1 Å². The van der Waals surface area contributed by atoms with Crippen molar-refractivity contribution in [1.29, 1.82) is 0 Å². The molecule has 0 aliphatic heterocycles. The lowest BCUT2D eigenvalue weighted by atomic mass is 10.2. The number of rotatable bonds is 7. The van der Waals surface area contributed by atoms with E-state index in [1.54, 1.807) is 0 Å². The predicted octanol–water partition coefficient (Wildman–Crippen LogP) is 3.07. The van der Waals surface area contributed by atoms with Gasteiger partial charge in [-0.25, -0.2) is 9.97 Å². The van der Waals surface area contributed by atoms with Gasteiger partial charge in [0.05, 0.1) is 0 Å². The van der Waals surface area contributed by atoms with Gasteiger partial charge in [-0.2, -0.15) is 0 Å². The van der Waals surface area contributed by atoms with Crippen LogP contribution in [0.3, 0.4) is 0 Å². The largest absolute Gasteiger partial charge is 0.370 e. The third-order valence-electron chi connectivity index (χ3n) is 3.37. The van der Waals surface area contributed by atoms with Crippen molar-refractivity contribution >= 4 is 17.4 Å². The number of hydrogen-bond donors (Lipinski definition) is 1. The molecule has 1 aromatic heterocycles. The van der Waals surface area contributed by atoms with Gasteiger partial charge < -0.3 is 10.2 Å². The molecule has 0 unspecified atom stereocenters. The first kappa shape index (κ1) is 14.5. The Balaban J connectivity index is 1.88. The molecule has 1 saturated carbocycles. The van der Waals surface area contributed by atoms with E-state index in [-0.39, 0.29) is 0 Å². The van der Waals surface area contributed by atoms with E-state index in [0.29, 0.717) is 11.1 Å². The average molecular weight is 283 g/mol. The zero-order chi connectivity index (χ0) is 13.8. The summed E-state index contributed by atoms with van der Waals surface area (Å²) in [6.07, 6.45) is 4.72. The van der Waals surface area contributed by atoms with Crippen LogP contribution in [0.4, 0.5) is 5.82 Å². The number of halogens is 1. The van der Waals surface area contributed by atoms with E-state index in [1.807, 2.05) is 6.92 Å². The lowest BCUT2D eigenvalue weighted by molar-refractivity contribution is 0.396. The Morgan fingerprint density at radius 3 is 2.63 bits per heavy atom. The molecule has 4 nitrogen and oxygen atoms in total. The normalized spacial score (nSPS) is 15.0. The summed E-state index contributed by atoms with van der Waals surface area (Å²) in [4.78, 5) is 11.2. The molecule has 1 aliphatic carbocycles. The SMILES string of the molecule is Cc1c(Cl)nc(C2CC2)nc1NCCCCN(C)C. The van der Waals surface area contributed by atoms with Gasteiger partial charge in [-0.15, -0.1) is 0 Å². The molecule has 0 atom stereocenters. The third-order valence-corrected chi connectivity index (χ3v) is 3.74. The Labute approximate surface area is 120 Å². The highest BCUT2D eigenvalue weighted by atomic mass is 35.5. The van der Waals surface area contributed by atoms with E-state index in [1.165, 1.54) is 19.3 Å². The number of aromatic nitrogens is 2. The Kier molecular flexibility index (Phi) is 4.99. The van der Waals surface area contributed by atoms with Crippen LogP contribution in [-0.4, -0.2) is 42.1 Å². The number of anilines is 1. The summed E-state index contributed by atoms with van der Waals surface area (Å²) in [5.41, 5.74) is 0.957. The monoisotopic (exact) mass is 282 g/mol. The van der Waals surface area contributed by atoms with Gasteiger partial charge in [0.1, 0.15) is 16.8 Å². The molecule has 0 bridgehead atoms. The number of hydrogen-bond acceptors (Lipinski definition) is 4. The maximum absolute atomic E-state index is 6.17. The van der Waals surface area contributed by atoms with Crippen LogP contribution in [-0.2, 0) is 0 Å². The van der Waals surface area contributed by atoms with Gasteiger partial charge in [0.2, 0.25) is 0 Å². The summed E-state index contributed by atoms with van der Waals surface area (Å²) in [5, 5.41) is 3.99. The zero-order valence-corrected chi connectivity index (χ0v) is 12.8. The summed E-state index contributed by atoms with van der Waals surface area (Å²) in [5.74, 6) is 2.35. The summed E-state index contributed by atoms with van der Waals surface area (Å²) in [7, 11) is 4.20. The van der Waals surface area contributed by atoms with Crippen molar-refractivity contribution in [2.24, 2.45) is 0 Å². The van der Waals surface area contributed by atoms with E-state index in [4.69, 9.17) is 11.6 Å². The Morgan fingerprint density at radius 1 is 1.26 bits per heavy atom. The molecule has 0 aromatic carbocycles. The quantitative estimate of drug-likeness (QED) is 0.616. The molecule has 106 valence electrons. The molecule has 5 heteroatoms. The molecular formula is C14H23ClN4. The molecule has 0 radical (unpaired) electrons. The molecule has 0 spiro atoms. The minimum absolute atomic E-state index is 0.535. The van der Waals surface area contributed by atoms with Gasteiger partial charge in [-0.05, 0) is 53.2 Å². The molecule has 1 aromatic rings. The lowest BCUT2D eigenvalue weighted by Crippen LogP contribution is -2.14. The zero-order valence-electron chi connectivity index (χ0n) is 12.0. The second-order valence-electron chi connectivity index (χ2n) is 5.56. The van der Waals surface area contributed by atoms with Crippen molar-refractivity contribution in [2.75, 3.05) is 32.5 Å². The number of nitrogens with zero attached hydrogens (tertiary/aromatic N) is 3. The summed E-state index contributed by atoms with van der Waals surface area (Å²) in [6.45, 7) is 4.03. The Bertz CT molecular complexity index is 430. The molecule has 0 amide bonds. The van der Waals surface area contributed by atoms with Crippen molar-refractivity contribution in [3.05, 3.63) is 16.5 Å². The van der Waals surface area contributed by atoms with Crippen molar-refractivity contribution in [3.8, 4) is 0 Å². The summed E-state index contributed by atoms with van der Waals surface area (Å²) >= 11 is 6.17. The van der Waals surface area contributed by atoms with E-state index in [0.717, 1.165) is 36.7 Å². The maximum Gasteiger partial charge on any atom is 0.137 e. The van der Waals surface area contributed by atoms with Crippen LogP contribution in [0.15, 0.2) is 0 Å². The molecule has 1 fully saturated rings. The summed E-state index contributed by atoms with van der Waals surface area (Å²) < 4.78 is 0. The van der Waals surface area contributed by atoms with Crippen LogP contribution in [0.5, 0.6) is 0 Å². The molecule has 0 saturated heterocycles. The van der Waals surface area contributed by atoms with Crippen LogP contribution < -0.4 is 5.32 Å². The molecular weight excluding hydrogens is 260 g/mol. The highest BCUT2D eigenvalue weighted by molar-refractivity contribution is 6.30. The van der Waals surface area contributed by atoms with Gasteiger partial charge in [-0.3, -0.25) is 0 Å². The highest BCUT2D eigenvalue weighted by Crippen LogP contribution is 2.39. The van der Waals surface area contributed by atoms with Crippen LogP contribution in [0.25, 0.3) is 0 Å². The second kappa shape index (κ2) is 6.53. The predicted molar refractivity (Wildman–Crippen MR) is 80.0 cm³/mol. The fourth-order valence-electron chi connectivity index (χ4n) is 1.96. The van der Waals surface area contributed by atoms with Crippen LogP contribution >= 0.6 is 11.6 Å². The number of nitrogens with one attached hydrogen (secondary N) is 1. The number of unbranched alkanes of at least 4 members (excludes halogenated alkanes) is 1. The first-order chi connectivity index (χ1) is 9.08. The minimum atomic E-state index is 0.535. The van der Waals surface area contributed by atoms with Crippen LogP contribution in [0.1, 0.15) is 43.0 Å². The average Bonchev–Trinajstić information content (AvgIpc) is 3.17. The standard InChI is InChI=1S/C14H23ClN4/c1-10-12(15)17-14(11-6-7-11)18-13(10)16-8-4-5-9-19(2)3/h11H,4-9H2,1-3H3,(H,16,17,18). The van der Waals surface area contributed by atoms with Crippen molar-refractivity contribution in [1.82, 2.24) is 14.9 Å². The van der Waals surface area contributed by atoms with Crippen molar-refractivity contribution in [3.63, 3.8) is 0 Å². The third kappa shape index (κ3) is 4.32. The Morgan fingerprint density at radius 2 is 2.00 bits per heavy atom. The Hall–Kier alpha value is -0.870. The van der Waals surface area contributed by atoms with Gasteiger partial charge in [0.25, 0.3) is 0 Å². The van der Waals surface area contributed by atoms with Gasteiger partial charge in [0, 0.05) is 18.0 Å². The highest BCUT2D eigenvalue weighted by Gasteiger charge is 2.27. The van der Waals surface area contributed by atoms with Crippen LogP contribution in [0.2, 0.25) is 5.15 Å². The molecule has 1 aliphatic rings. The fraction of sp³-hybridized carbons (Fsp3) is 0.714. The molecule has 19 heavy (non-hydrogen) atoms. The van der Waals surface area contributed by atoms with Gasteiger partial charge >= 0.3 is 0 Å². The maximum atomic E-state index is 6.17. The van der Waals surface area contributed by atoms with Gasteiger partial charge in [0.15, 0.2) is 0 Å². The molecule has 2 rings (SSSR count). The minimum Gasteiger partial charge on any atom is -0.370 e. The van der Waals surface area contributed by atoms with Crippen LogP contribution in [0, 0.1) is 6.92 Å². The molecule has 1 heterocycles. The summed E-state index contributed by atoms with van der Waals surface area (Å²) in [6, 6.07) is 0. The first-order valence-corrected chi connectivity index (χ1v) is 7.38. The smallest absolute Gasteiger partial charge is 0.137 e. The van der Waals surface area contributed by atoms with E-state index in [9.17, 15) is 0 Å². The second-order valence-corrected chi connectivity index (χ2v) is 5.92. The lowest BCUT2D eigenvalue weighted by Gasteiger charge is -2.12. The van der Waals surface area contributed by atoms with E-state index in [2.05, 4.69) is 34.3 Å². The van der Waals surface area contributed by atoms with E-state index < -0.39 is 0 Å². The van der Waals surface area contributed by atoms with Gasteiger partial charge in [-0.1, -0.05) is 11.6 Å². The molecule has 1 N–H and O–H groups in total.